The average Bonchev–Trinajstić information content (AvgIpc) is 3.87. The molecule has 0 saturated heterocycles. The van der Waals surface area contributed by atoms with E-state index >= 15 is 0 Å². The van der Waals surface area contributed by atoms with E-state index in [0.717, 1.165) is 38.5 Å². The SMILES string of the molecule is CCc1cc2c(-c3ccccc3)cccc2[cH-]1.CCc1cc2c(-c3ccccc3)cccc2[cH-]1.C[CH-]C.[CH2-]CCC.[CH2-]CCC.[CH2-]CCC.[CH2-]CCC.[Hf+4].[Hf]. The average molecular weight is 1070 g/mol. The van der Waals surface area contributed by atoms with Crippen LogP contribution < -0.4 is 0 Å². The predicted octanol–water partition coefficient (Wildman–Crippen LogP) is 17.3. The fourth-order valence-corrected chi connectivity index (χ4v) is 4.74. The molecule has 0 spiro atoms. The van der Waals surface area contributed by atoms with Gasteiger partial charge in [0.15, 0.2) is 0 Å². The molecule has 0 fully saturated rings. The second-order valence-electron chi connectivity index (χ2n) is 12.8. The summed E-state index contributed by atoms with van der Waals surface area (Å²) in [4.78, 5) is 0. The van der Waals surface area contributed by atoms with E-state index in [1.165, 1.54) is 80.6 Å². The van der Waals surface area contributed by atoms with E-state index in [-0.39, 0.29) is 51.7 Å². The van der Waals surface area contributed by atoms with Gasteiger partial charge in [-0.15, -0.1) is 69.1 Å². The molecule has 0 nitrogen and oxygen atoms in total. The number of aryl methyl sites for hydroxylation is 2. The summed E-state index contributed by atoms with van der Waals surface area (Å²) in [5, 5.41) is 5.44. The third kappa shape index (κ3) is 23.6. The number of rotatable bonds is 8. The molecule has 0 N–H and O–H groups in total. The number of fused-ring (bicyclic) bond motifs is 2. The van der Waals surface area contributed by atoms with Crippen molar-refractivity contribution in [3.8, 4) is 22.3 Å². The van der Waals surface area contributed by atoms with Crippen LogP contribution >= 0.6 is 0 Å². The molecule has 0 aliphatic rings. The Labute approximate surface area is 378 Å². The molecule has 0 unspecified atom stereocenters. The third-order valence-corrected chi connectivity index (χ3v) is 8.02. The van der Waals surface area contributed by atoms with Gasteiger partial charge in [-0.2, -0.15) is 51.7 Å². The topological polar surface area (TPSA) is 0 Å². The molecule has 2 heteroatoms. The Bertz CT molecular complexity index is 1520. The van der Waals surface area contributed by atoms with Crippen LogP contribution in [-0.4, -0.2) is 0 Å². The quantitative estimate of drug-likeness (QED) is 0.105. The number of unbranched alkanes of at least 4 members (excludes halogenated alkanes) is 4. The Morgan fingerprint density at radius 1 is 0.455 bits per heavy atom. The minimum Gasteiger partial charge on any atom is -0.343 e. The molecule has 0 radical (unpaired) electrons. The van der Waals surface area contributed by atoms with Crippen molar-refractivity contribution in [1.29, 1.82) is 0 Å². The first kappa shape index (κ1) is 57.2. The van der Waals surface area contributed by atoms with E-state index in [0.29, 0.717) is 0 Å². The largest absolute Gasteiger partial charge is 4.00 e. The summed E-state index contributed by atoms with van der Waals surface area (Å²) in [5.74, 6) is 0. The van der Waals surface area contributed by atoms with Crippen molar-refractivity contribution < 1.29 is 51.7 Å². The van der Waals surface area contributed by atoms with Gasteiger partial charge in [0.25, 0.3) is 0 Å². The van der Waals surface area contributed by atoms with E-state index in [4.69, 9.17) is 0 Å². The molecule has 6 rings (SSSR count). The molecule has 55 heavy (non-hydrogen) atoms. The summed E-state index contributed by atoms with van der Waals surface area (Å²) in [6.07, 6.45) is 13.3. The van der Waals surface area contributed by atoms with Gasteiger partial charge in [0, 0.05) is 25.8 Å². The van der Waals surface area contributed by atoms with Crippen LogP contribution in [0.15, 0.2) is 121 Å². The summed E-state index contributed by atoms with van der Waals surface area (Å²) in [5.41, 5.74) is 8.11. The van der Waals surface area contributed by atoms with Crippen LogP contribution in [0, 0.1) is 34.1 Å². The van der Waals surface area contributed by atoms with Gasteiger partial charge in [-0.1, -0.05) is 151 Å². The Balaban J connectivity index is -0.000000662. The Hall–Kier alpha value is -2.16. The van der Waals surface area contributed by atoms with Crippen LogP contribution in [0.3, 0.4) is 0 Å². The summed E-state index contributed by atoms with van der Waals surface area (Å²) in [6, 6.07) is 43.5. The number of benzene rings is 4. The molecular formula is C53H73Hf2-3. The third-order valence-electron chi connectivity index (χ3n) is 8.02. The summed E-state index contributed by atoms with van der Waals surface area (Å²) >= 11 is 0. The fraction of sp³-hybridized carbons (Fsp3) is 0.340. The summed E-state index contributed by atoms with van der Waals surface area (Å²) in [6.45, 7) is 31.3. The first-order chi connectivity index (χ1) is 25.8. The van der Waals surface area contributed by atoms with Gasteiger partial charge >= 0.3 is 25.8 Å². The smallest absolute Gasteiger partial charge is 0.343 e. The number of hydrogen-bond acceptors (Lipinski definition) is 0. The van der Waals surface area contributed by atoms with Crippen LogP contribution in [0.2, 0.25) is 0 Å². The summed E-state index contributed by atoms with van der Waals surface area (Å²) in [7, 11) is 0. The maximum atomic E-state index is 3.60. The maximum Gasteiger partial charge on any atom is 4.00 e. The van der Waals surface area contributed by atoms with Crippen LogP contribution in [0.4, 0.5) is 0 Å². The molecule has 0 bridgehead atoms. The van der Waals surface area contributed by atoms with E-state index in [1.807, 2.05) is 20.3 Å². The molecule has 0 amide bonds. The van der Waals surface area contributed by atoms with Crippen molar-refractivity contribution >= 4 is 21.5 Å². The van der Waals surface area contributed by atoms with E-state index < -0.39 is 0 Å². The predicted molar refractivity (Wildman–Crippen MR) is 245 cm³/mol. The van der Waals surface area contributed by atoms with E-state index in [2.05, 4.69) is 191 Å². The number of hydrogen-bond donors (Lipinski definition) is 0. The standard InChI is InChI=1S/2C17H15.4C4H9.C3H7.2Hf/c2*1-2-13-11-15-9-6-10-16(17(15)12-13)14-7-4-3-5-8-14;4*1-3-4-2;1-3-2;;/h2*3-12H,2H2,1H3;4*1,3-4H2,2H3;3H,1-2H3;;/q7*-1;;+4. The Morgan fingerprint density at radius 3 is 0.964 bits per heavy atom. The van der Waals surface area contributed by atoms with Gasteiger partial charge in [-0.3, -0.25) is 0 Å². The molecule has 0 aliphatic heterocycles. The normalized spacial score (nSPS) is 9.24. The molecule has 0 atom stereocenters. The van der Waals surface area contributed by atoms with Crippen molar-refractivity contribution in [1.82, 2.24) is 0 Å². The first-order valence-corrected chi connectivity index (χ1v) is 20.2. The monoisotopic (exact) mass is 1070 g/mol. The Kier molecular flexibility index (Phi) is 40.2. The van der Waals surface area contributed by atoms with E-state index in [1.54, 1.807) is 0 Å². The molecular weight excluding hydrogens is 994 g/mol. The molecule has 0 aliphatic carbocycles. The van der Waals surface area contributed by atoms with E-state index in [9.17, 15) is 0 Å². The van der Waals surface area contributed by atoms with Crippen molar-refractivity contribution in [2.45, 2.75) is 120 Å². The fourth-order valence-electron chi connectivity index (χ4n) is 4.74. The van der Waals surface area contributed by atoms with Crippen molar-refractivity contribution in [3.63, 3.8) is 0 Å². The molecule has 0 saturated carbocycles. The van der Waals surface area contributed by atoms with Gasteiger partial charge in [0.1, 0.15) is 0 Å². The second-order valence-corrected chi connectivity index (χ2v) is 12.8. The van der Waals surface area contributed by atoms with Gasteiger partial charge in [-0.05, 0) is 24.0 Å². The molecule has 296 valence electrons. The van der Waals surface area contributed by atoms with Crippen molar-refractivity contribution in [2.24, 2.45) is 0 Å². The molecule has 6 aromatic rings. The Morgan fingerprint density at radius 2 is 0.727 bits per heavy atom. The maximum absolute atomic E-state index is 3.60. The van der Waals surface area contributed by atoms with Gasteiger partial charge in [0.2, 0.25) is 0 Å². The first-order valence-electron chi connectivity index (χ1n) is 20.2. The van der Waals surface area contributed by atoms with Crippen molar-refractivity contribution in [2.75, 3.05) is 0 Å². The molecule has 0 heterocycles. The zero-order chi connectivity index (χ0) is 39.7. The van der Waals surface area contributed by atoms with Gasteiger partial charge in [0.05, 0.1) is 0 Å². The molecule has 6 aromatic carbocycles. The minimum absolute atomic E-state index is 0. The second kappa shape index (κ2) is 38.7. The van der Waals surface area contributed by atoms with Crippen LogP contribution in [0.5, 0.6) is 0 Å². The zero-order valence-corrected chi connectivity index (χ0v) is 43.2. The summed E-state index contributed by atoms with van der Waals surface area (Å²) < 4.78 is 0. The van der Waals surface area contributed by atoms with Crippen LogP contribution in [0.25, 0.3) is 43.8 Å². The minimum atomic E-state index is 0. The molecule has 0 aromatic heterocycles. The van der Waals surface area contributed by atoms with Gasteiger partial charge in [-0.25, -0.2) is 0 Å². The van der Waals surface area contributed by atoms with Gasteiger partial charge < -0.3 is 34.1 Å². The zero-order valence-electron chi connectivity index (χ0n) is 36.0. The van der Waals surface area contributed by atoms with Crippen molar-refractivity contribution in [3.05, 3.63) is 167 Å². The van der Waals surface area contributed by atoms with Crippen LogP contribution in [0.1, 0.15) is 118 Å². The van der Waals surface area contributed by atoms with Crippen LogP contribution in [-0.2, 0) is 64.5 Å².